The molecule has 9 rings (SSSR count). The second-order valence-electron chi connectivity index (χ2n) is 12.6. The van der Waals surface area contributed by atoms with Crippen molar-refractivity contribution in [2.24, 2.45) is 0 Å². The molecule has 0 aliphatic heterocycles. The zero-order valence-electron chi connectivity index (χ0n) is 28.1. The van der Waals surface area contributed by atoms with Gasteiger partial charge in [-0.1, -0.05) is 170 Å². The van der Waals surface area contributed by atoms with Gasteiger partial charge in [0.05, 0.1) is 11.4 Å². The number of fused-ring (bicyclic) bond motifs is 1. The molecule has 0 fully saturated rings. The Balaban J connectivity index is 1.08. The van der Waals surface area contributed by atoms with Gasteiger partial charge in [-0.15, -0.1) is 0 Å². The normalized spacial score (nSPS) is 11.1. The fourth-order valence-corrected chi connectivity index (χ4v) is 6.42. The second kappa shape index (κ2) is 13.7. The summed E-state index contributed by atoms with van der Waals surface area (Å²) in [5, 5.41) is 2.35. The Hall–Kier alpha value is -7.11. The van der Waals surface area contributed by atoms with Crippen molar-refractivity contribution >= 4 is 10.8 Å². The van der Waals surface area contributed by atoms with Gasteiger partial charge in [-0.2, -0.15) is 0 Å². The molecule has 0 saturated heterocycles. The lowest BCUT2D eigenvalue weighted by Crippen LogP contribution is -2.00. The van der Waals surface area contributed by atoms with E-state index in [1.807, 2.05) is 78.9 Å². The minimum Gasteiger partial charge on any atom is -0.228 e. The average molecular weight is 666 g/mol. The van der Waals surface area contributed by atoms with Crippen molar-refractivity contribution in [1.29, 1.82) is 0 Å². The van der Waals surface area contributed by atoms with E-state index in [4.69, 9.17) is 24.9 Å². The second-order valence-corrected chi connectivity index (χ2v) is 12.6. The summed E-state index contributed by atoms with van der Waals surface area (Å²) in [6.07, 6.45) is 0. The lowest BCUT2D eigenvalue weighted by Gasteiger charge is -2.11. The van der Waals surface area contributed by atoms with Crippen molar-refractivity contribution in [1.82, 2.24) is 24.9 Å². The van der Waals surface area contributed by atoms with Crippen LogP contribution in [0.25, 0.3) is 90.0 Å². The number of hydrogen-bond acceptors (Lipinski definition) is 5. The molecular formula is C47H31N5. The van der Waals surface area contributed by atoms with Crippen molar-refractivity contribution in [3.05, 3.63) is 188 Å². The summed E-state index contributed by atoms with van der Waals surface area (Å²) in [6, 6.07) is 64.1. The largest absolute Gasteiger partial charge is 0.228 e. The Morgan fingerprint density at radius 1 is 0.212 bits per heavy atom. The molecule has 2 aromatic heterocycles. The fraction of sp³-hybridized carbons (Fsp3) is 0. The molecule has 9 aromatic rings. The predicted octanol–water partition coefficient (Wildman–Crippen LogP) is 11.5. The molecule has 0 unspecified atom stereocenters. The topological polar surface area (TPSA) is 64.5 Å². The fourth-order valence-electron chi connectivity index (χ4n) is 6.42. The SMILES string of the molecule is c1ccc(-c2cc(-c3cccc(-c4ccc(-c5nc(-c6ccccc6)nc(-c6ccccc6)n5)cc4)c3)nc(-c3ccc4ccccc4c3)n2)cc1. The number of aromatic nitrogens is 5. The third kappa shape index (κ3) is 6.35. The van der Waals surface area contributed by atoms with Crippen LogP contribution < -0.4 is 0 Å². The molecule has 0 atom stereocenters. The monoisotopic (exact) mass is 665 g/mol. The first-order chi connectivity index (χ1) is 25.7. The highest BCUT2D eigenvalue weighted by molar-refractivity contribution is 5.87. The maximum absolute atomic E-state index is 5.13. The molecule has 0 amide bonds. The Morgan fingerprint density at radius 2 is 0.635 bits per heavy atom. The first-order valence-electron chi connectivity index (χ1n) is 17.3. The minimum atomic E-state index is 0.628. The van der Waals surface area contributed by atoms with Gasteiger partial charge in [0, 0.05) is 33.4 Å². The van der Waals surface area contributed by atoms with Crippen LogP contribution in [-0.2, 0) is 0 Å². The molecule has 0 spiro atoms. The standard InChI is InChI=1S/C47H31N5/c1-4-14-34(15-5-1)42-31-43(49-47(48-42)41-28-25-32-13-10-11-20-38(32)30-41)40-22-12-21-39(29-40)33-23-26-37(27-24-33)46-51-44(35-16-6-2-7-17-35)50-45(52-46)36-18-8-3-9-19-36/h1-31H. The van der Waals surface area contributed by atoms with E-state index in [9.17, 15) is 0 Å². The van der Waals surface area contributed by atoms with E-state index < -0.39 is 0 Å². The van der Waals surface area contributed by atoms with Gasteiger partial charge in [-0.3, -0.25) is 0 Å². The van der Waals surface area contributed by atoms with Crippen LogP contribution in [0.5, 0.6) is 0 Å². The van der Waals surface area contributed by atoms with Crippen LogP contribution in [0.4, 0.5) is 0 Å². The van der Waals surface area contributed by atoms with Crippen LogP contribution in [0.15, 0.2) is 188 Å². The van der Waals surface area contributed by atoms with E-state index in [0.717, 1.165) is 61.3 Å². The molecule has 5 nitrogen and oxygen atoms in total. The summed E-state index contributed by atoms with van der Waals surface area (Å²) in [4.78, 5) is 24.8. The van der Waals surface area contributed by atoms with Gasteiger partial charge in [0.2, 0.25) is 0 Å². The minimum absolute atomic E-state index is 0.628. The van der Waals surface area contributed by atoms with Gasteiger partial charge in [0.25, 0.3) is 0 Å². The van der Waals surface area contributed by atoms with Crippen molar-refractivity contribution in [2.75, 3.05) is 0 Å². The van der Waals surface area contributed by atoms with Crippen LogP contribution in [0.3, 0.4) is 0 Å². The third-order valence-electron chi connectivity index (χ3n) is 9.14. The highest BCUT2D eigenvalue weighted by Gasteiger charge is 2.14. The van der Waals surface area contributed by atoms with Crippen LogP contribution in [0.2, 0.25) is 0 Å². The molecular weight excluding hydrogens is 635 g/mol. The molecule has 52 heavy (non-hydrogen) atoms. The maximum Gasteiger partial charge on any atom is 0.164 e. The molecule has 0 radical (unpaired) electrons. The summed E-state index contributed by atoms with van der Waals surface area (Å²) >= 11 is 0. The van der Waals surface area contributed by atoms with E-state index in [1.54, 1.807) is 0 Å². The van der Waals surface area contributed by atoms with E-state index in [2.05, 4.69) is 109 Å². The van der Waals surface area contributed by atoms with Crippen molar-refractivity contribution < 1.29 is 0 Å². The van der Waals surface area contributed by atoms with Gasteiger partial charge < -0.3 is 0 Å². The number of benzene rings is 7. The third-order valence-corrected chi connectivity index (χ3v) is 9.14. The maximum atomic E-state index is 5.13. The zero-order chi connectivity index (χ0) is 34.7. The van der Waals surface area contributed by atoms with E-state index in [1.165, 1.54) is 5.39 Å². The molecule has 0 aliphatic carbocycles. The van der Waals surface area contributed by atoms with Gasteiger partial charge in [-0.25, -0.2) is 24.9 Å². The molecule has 5 heteroatoms. The highest BCUT2D eigenvalue weighted by Crippen LogP contribution is 2.32. The van der Waals surface area contributed by atoms with Gasteiger partial charge >= 0.3 is 0 Å². The average Bonchev–Trinajstić information content (AvgIpc) is 3.24. The molecule has 0 saturated carbocycles. The molecule has 0 bridgehead atoms. The summed E-state index contributed by atoms with van der Waals surface area (Å²) in [6.45, 7) is 0. The van der Waals surface area contributed by atoms with Crippen LogP contribution in [-0.4, -0.2) is 24.9 Å². The van der Waals surface area contributed by atoms with Crippen molar-refractivity contribution in [3.63, 3.8) is 0 Å². The van der Waals surface area contributed by atoms with Crippen LogP contribution in [0, 0.1) is 0 Å². The lowest BCUT2D eigenvalue weighted by atomic mass is 9.99. The molecule has 2 heterocycles. The predicted molar refractivity (Wildman–Crippen MR) is 211 cm³/mol. The van der Waals surface area contributed by atoms with E-state index in [-0.39, 0.29) is 0 Å². The number of nitrogens with zero attached hydrogens (tertiary/aromatic N) is 5. The summed E-state index contributed by atoms with van der Waals surface area (Å²) in [7, 11) is 0. The van der Waals surface area contributed by atoms with Gasteiger partial charge in [-0.05, 0) is 40.1 Å². The summed E-state index contributed by atoms with van der Waals surface area (Å²) in [5.74, 6) is 2.61. The lowest BCUT2D eigenvalue weighted by molar-refractivity contribution is 1.07. The number of rotatable bonds is 7. The number of hydrogen-bond donors (Lipinski definition) is 0. The Bertz CT molecular complexity index is 2600. The van der Waals surface area contributed by atoms with E-state index in [0.29, 0.717) is 23.3 Å². The molecule has 0 N–H and O–H groups in total. The smallest absolute Gasteiger partial charge is 0.164 e. The van der Waals surface area contributed by atoms with Gasteiger partial charge in [0.15, 0.2) is 23.3 Å². The Labute approximate surface area is 302 Å². The Morgan fingerprint density at radius 3 is 1.25 bits per heavy atom. The van der Waals surface area contributed by atoms with Crippen LogP contribution >= 0.6 is 0 Å². The van der Waals surface area contributed by atoms with Crippen LogP contribution in [0.1, 0.15) is 0 Å². The first kappa shape index (κ1) is 30.9. The highest BCUT2D eigenvalue weighted by atomic mass is 15.0. The van der Waals surface area contributed by atoms with Crippen molar-refractivity contribution in [3.8, 4) is 79.2 Å². The first-order valence-corrected chi connectivity index (χ1v) is 17.3. The zero-order valence-corrected chi connectivity index (χ0v) is 28.1. The molecule has 0 aliphatic rings. The van der Waals surface area contributed by atoms with E-state index >= 15 is 0 Å². The summed E-state index contributed by atoms with van der Waals surface area (Å²) < 4.78 is 0. The molecule has 244 valence electrons. The van der Waals surface area contributed by atoms with Crippen molar-refractivity contribution in [2.45, 2.75) is 0 Å². The summed E-state index contributed by atoms with van der Waals surface area (Å²) in [5.41, 5.74) is 9.76. The Kier molecular flexibility index (Phi) is 8.12. The molecule has 7 aromatic carbocycles. The van der Waals surface area contributed by atoms with Gasteiger partial charge in [0.1, 0.15) is 0 Å². The quantitative estimate of drug-likeness (QED) is 0.169.